The number of fused-ring (bicyclic) bond motifs is 1. The van der Waals surface area contributed by atoms with E-state index in [1.54, 1.807) is 4.90 Å². The lowest BCUT2D eigenvalue weighted by atomic mass is 10.1. The highest BCUT2D eigenvalue weighted by molar-refractivity contribution is 5.96. The van der Waals surface area contributed by atoms with Gasteiger partial charge in [-0.15, -0.1) is 0 Å². The number of nitrogens with zero attached hydrogens (tertiary/aromatic N) is 1. The lowest BCUT2D eigenvalue weighted by Gasteiger charge is -2.22. The monoisotopic (exact) mass is 324 g/mol. The van der Waals surface area contributed by atoms with E-state index in [0.29, 0.717) is 13.0 Å². The van der Waals surface area contributed by atoms with E-state index in [9.17, 15) is 9.59 Å². The van der Waals surface area contributed by atoms with E-state index < -0.39 is 12.0 Å². The van der Waals surface area contributed by atoms with Gasteiger partial charge in [0.25, 0.3) is 0 Å². The number of ether oxygens (including phenoxy) is 1. The quantitative estimate of drug-likeness (QED) is 0.879. The third-order valence-electron chi connectivity index (χ3n) is 4.20. The Balaban J connectivity index is 1.73. The van der Waals surface area contributed by atoms with Gasteiger partial charge >= 0.3 is 12.0 Å². The van der Waals surface area contributed by atoms with Crippen LogP contribution < -0.4 is 10.2 Å². The molecule has 1 N–H and O–H groups in total. The zero-order valence-electron chi connectivity index (χ0n) is 13.6. The van der Waals surface area contributed by atoms with Gasteiger partial charge in [-0.05, 0) is 23.6 Å². The van der Waals surface area contributed by atoms with Crippen molar-refractivity contribution in [2.45, 2.75) is 18.9 Å². The molecule has 0 aromatic heterocycles. The highest BCUT2D eigenvalue weighted by Gasteiger charge is 2.28. The number of amides is 2. The van der Waals surface area contributed by atoms with Gasteiger partial charge < -0.3 is 10.1 Å². The number of methoxy groups -OCH3 is 1. The van der Waals surface area contributed by atoms with E-state index in [0.717, 1.165) is 23.2 Å². The van der Waals surface area contributed by atoms with Crippen LogP contribution in [0.4, 0.5) is 10.5 Å². The molecule has 0 spiro atoms. The lowest BCUT2D eigenvalue weighted by Crippen LogP contribution is -2.49. The predicted molar refractivity (Wildman–Crippen MR) is 92.0 cm³/mol. The van der Waals surface area contributed by atoms with Crippen molar-refractivity contribution in [2.24, 2.45) is 0 Å². The van der Waals surface area contributed by atoms with Crippen LogP contribution in [0.15, 0.2) is 54.6 Å². The van der Waals surface area contributed by atoms with Crippen LogP contribution >= 0.6 is 0 Å². The Bertz CT molecular complexity index is 730. The van der Waals surface area contributed by atoms with Gasteiger partial charge in [0.2, 0.25) is 0 Å². The number of benzene rings is 2. The topological polar surface area (TPSA) is 58.6 Å². The molecule has 124 valence electrons. The van der Waals surface area contributed by atoms with E-state index in [2.05, 4.69) is 5.32 Å². The summed E-state index contributed by atoms with van der Waals surface area (Å²) in [5.41, 5.74) is 3.01. The Hall–Kier alpha value is -2.82. The number of esters is 1. The van der Waals surface area contributed by atoms with Crippen molar-refractivity contribution in [3.8, 4) is 0 Å². The van der Waals surface area contributed by atoms with E-state index in [1.807, 2.05) is 54.6 Å². The molecule has 0 aliphatic carbocycles. The Morgan fingerprint density at radius 1 is 1.12 bits per heavy atom. The molecule has 1 atom stereocenters. The molecule has 1 aliphatic rings. The summed E-state index contributed by atoms with van der Waals surface area (Å²) in [4.78, 5) is 26.4. The molecular formula is C19H20N2O3. The smallest absolute Gasteiger partial charge is 0.328 e. The first-order chi connectivity index (χ1) is 11.7. The van der Waals surface area contributed by atoms with Crippen LogP contribution in [0.2, 0.25) is 0 Å². The zero-order chi connectivity index (χ0) is 16.9. The maximum atomic E-state index is 12.6. The fourth-order valence-electron chi connectivity index (χ4n) is 2.96. The Labute approximate surface area is 141 Å². The van der Waals surface area contributed by atoms with Crippen molar-refractivity contribution in [3.05, 3.63) is 65.7 Å². The van der Waals surface area contributed by atoms with Gasteiger partial charge in [-0.3, -0.25) is 4.90 Å². The summed E-state index contributed by atoms with van der Waals surface area (Å²) in [5.74, 6) is -0.445. The second-order valence-electron chi connectivity index (χ2n) is 5.75. The van der Waals surface area contributed by atoms with Gasteiger partial charge in [-0.25, -0.2) is 9.59 Å². The van der Waals surface area contributed by atoms with Crippen LogP contribution in [0.5, 0.6) is 0 Å². The van der Waals surface area contributed by atoms with Crippen molar-refractivity contribution < 1.29 is 14.3 Å². The Kier molecular flexibility index (Phi) is 4.79. The maximum absolute atomic E-state index is 12.6. The molecule has 2 amide bonds. The first kappa shape index (κ1) is 16.1. The van der Waals surface area contributed by atoms with Gasteiger partial charge in [0.05, 0.1) is 7.11 Å². The van der Waals surface area contributed by atoms with Crippen LogP contribution in [0.1, 0.15) is 11.1 Å². The molecule has 0 radical (unpaired) electrons. The molecule has 24 heavy (non-hydrogen) atoms. The minimum atomic E-state index is -0.710. The number of nitrogens with one attached hydrogen (secondary N) is 1. The van der Waals surface area contributed by atoms with Crippen LogP contribution in [-0.2, 0) is 22.4 Å². The first-order valence-electron chi connectivity index (χ1n) is 7.96. The summed E-state index contributed by atoms with van der Waals surface area (Å²) < 4.78 is 4.85. The number of para-hydroxylation sites is 1. The number of rotatable bonds is 4. The maximum Gasteiger partial charge on any atom is 0.328 e. The lowest BCUT2D eigenvalue weighted by molar-refractivity contribution is -0.142. The first-order valence-corrected chi connectivity index (χ1v) is 7.96. The molecule has 5 nitrogen and oxygen atoms in total. The normalized spacial score (nSPS) is 14.0. The highest BCUT2D eigenvalue weighted by atomic mass is 16.5. The number of carbonyl (C=O) groups is 2. The summed E-state index contributed by atoms with van der Waals surface area (Å²) in [6.45, 7) is 0.615. The largest absolute Gasteiger partial charge is 0.467 e. The summed E-state index contributed by atoms with van der Waals surface area (Å²) in [7, 11) is 1.33. The molecule has 0 saturated heterocycles. The molecule has 0 bridgehead atoms. The molecule has 1 unspecified atom stereocenters. The van der Waals surface area contributed by atoms with Crippen molar-refractivity contribution in [1.82, 2.24) is 5.32 Å². The van der Waals surface area contributed by atoms with Gasteiger partial charge in [0.1, 0.15) is 6.04 Å². The number of hydrogen-bond acceptors (Lipinski definition) is 3. The predicted octanol–water partition coefficient (Wildman–Crippen LogP) is 2.54. The average Bonchev–Trinajstić information content (AvgIpc) is 3.05. The van der Waals surface area contributed by atoms with E-state index in [-0.39, 0.29) is 6.03 Å². The SMILES string of the molecule is COC(=O)C(Cc1ccccc1)NC(=O)N1CCc2ccccc21. The molecule has 1 heterocycles. The number of anilines is 1. The number of urea groups is 1. The van der Waals surface area contributed by atoms with Gasteiger partial charge in [-0.2, -0.15) is 0 Å². The van der Waals surface area contributed by atoms with E-state index >= 15 is 0 Å². The standard InChI is InChI=1S/C19H20N2O3/c1-24-18(22)16(13-14-7-3-2-4-8-14)20-19(23)21-12-11-15-9-5-6-10-17(15)21/h2-10,16H,11-13H2,1H3,(H,20,23). The molecular weight excluding hydrogens is 304 g/mol. The van der Waals surface area contributed by atoms with Crippen molar-refractivity contribution in [2.75, 3.05) is 18.6 Å². The zero-order valence-corrected chi connectivity index (χ0v) is 13.6. The second kappa shape index (κ2) is 7.17. The van der Waals surface area contributed by atoms with Crippen LogP contribution in [0, 0.1) is 0 Å². The van der Waals surface area contributed by atoms with Crippen LogP contribution in [0.3, 0.4) is 0 Å². The number of hydrogen-bond donors (Lipinski definition) is 1. The highest BCUT2D eigenvalue weighted by Crippen LogP contribution is 2.27. The van der Waals surface area contributed by atoms with Crippen molar-refractivity contribution in [1.29, 1.82) is 0 Å². The Morgan fingerprint density at radius 2 is 1.83 bits per heavy atom. The molecule has 2 aromatic rings. The summed E-state index contributed by atoms with van der Waals surface area (Å²) in [5, 5.41) is 2.81. The summed E-state index contributed by atoms with van der Waals surface area (Å²) in [6.07, 6.45) is 1.22. The average molecular weight is 324 g/mol. The molecule has 5 heteroatoms. The third kappa shape index (κ3) is 3.40. The van der Waals surface area contributed by atoms with Gasteiger partial charge in [-0.1, -0.05) is 48.5 Å². The molecule has 0 fully saturated rings. The van der Waals surface area contributed by atoms with Gasteiger partial charge in [0.15, 0.2) is 0 Å². The minimum Gasteiger partial charge on any atom is -0.467 e. The summed E-state index contributed by atoms with van der Waals surface area (Å²) >= 11 is 0. The van der Waals surface area contributed by atoms with Gasteiger partial charge in [0, 0.05) is 18.7 Å². The molecule has 1 aliphatic heterocycles. The van der Waals surface area contributed by atoms with Crippen molar-refractivity contribution >= 4 is 17.7 Å². The fourth-order valence-corrected chi connectivity index (χ4v) is 2.96. The fraction of sp³-hybridized carbons (Fsp3) is 0.263. The molecule has 0 saturated carbocycles. The van der Waals surface area contributed by atoms with Crippen LogP contribution in [0.25, 0.3) is 0 Å². The van der Waals surface area contributed by atoms with Crippen LogP contribution in [-0.4, -0.2) is 31.7 Å². The van der Waals surface area contributed by atoms with Crippen molar-refractivity contribution in [3.63, 3.8) is 0 Å². The minimum absolute atomic E-state index is 0.272. The van der Waals surface area contributed by atoms with E-state index in [4.69, 9.17) is 4.74 Å². The third-order valence-corrected chi connectivity index (χ3v) is 4.20. The number of carbonyl (C=O) groups excluding carboxylic acids is 2. The van der Waals surface area contributed by atoms with E-state index in [1.165, 1.54) is 7.11 Å². The molecule has 3 rings (SSSR count). The second-order valence-corrected chi connectivity index (χ2v) is 5.75. The summed E-state index contributed by atoms with van der Waals surface area (Å²) in [6, 6.07) is 16.4. The Morgan fingerprint density at radius 3 is 2.58 bits per heavy atom. The molecule has 2 aromatic carbocycles.